The standard InChI is InChI=1S/C13H9ClF2O/c1-17-12-6-5-8(15)7-9(12)13-10(14)3-2-4-11(13)16/h2-7H,1H3. The second kappa shape index (κ2) is 4.72. The summed E-state index contributed by atoms with van der Waals surface area (Å²) >= 11 is 5.93. The van der Waals surface area contributed by atoms with Crippen LogP contribution in [0.1, 0.15) is 0 Å². The number of benzene rings is 2. The Morgan fingerprint density at radius 1 is 1.12 bits per heavy atom. The Morgan fingerprint density at radius 2 is 1.88 bits per heavy atom. The van der Waals surface area contributed by atoms with Gasteiger partial charge in [0.2, 0.25) is 0 Å². The van der Waals surface area contributed by atoms with Gasteiger partial charge in [0.15, 0.2) is 0 Å². The van der Waals surface area contributed by atoms with Gasteiger partial charge in [-0.3, -0.25) is 0 Å². The summed E-state index contributed by atoms with van der Waals surface area (Å²) in [5.74, 6) is -0.611. The van der Waals surface area contributed by atoms with E-state index in [0.29, 0.717) is 11.3 Å². The van der Waals surface area contributed by atoms with E-state index in [1.807, 2.05) is 0 Å². The highest BCUT2D eigenvalue weighted by Crippen LogP contribution is 2.36. The maximum absolute atomic E-state index is 13.7. The molecule has 0 N–H and O–H groups in total. The molecule has 0 heterocycles. The Hall–Kier alpha value is -1.61. The first-order chi connectivity index (χ1) is 8.13. The molecule has 0 aromatic heterocycles. The average molecular weight is 255 g/mol. The average Bonchev–Trinajstić information content (AvgIpc) is 2.29. The van der Waals surface area contributed by atoms with Gasteiger partial charge in [0.1, 0.15) is 17.4 Å². The van der Waals surface area contributed by atoms with Crippen LogP contribution in [0, 0.1) is 11.6 Å². The molecule has 0 saturated carbocycles. The van der Waals surface area contributed by atoms with Gasteiger partial charge in [-0.1, -0.05) is 17.7 Å². The third-order valence-corrected chi connectivity index (χ3v) is 2.71. The second-order valence-corrected chi connectivity index (χ2v) is 3.85. The van der Waals surface area contributed by atoms with Crippen LogP contribution in [-0.4, -0.2) is 7.11 Å². The summed E-state index contributed by atoms with van der Waals surface area (Å²) < 4.78 is 32.0. The van der Waals surface area contributed by atoms with Crippen LogP contribution in [0.2, 0.25) is 5.02 Å². The van der Waals surface area contributed by atoms with Crippen molar-refractivity contribution in [3.63, 3.8) is 0 Å². The summed E-state index contributed by atoms with van der Waals surface area (Å²) in [5.41, 5.74) is 0.445. The molecule has 2 rings (SSSR count). The summed E-state index contributed by atoms with van der Waals surface area (Å²) in [7, 11) is 1.44. The lowest BCUT2D eigenvalue weighted by molar-refractivity contribution is 0.415. The minimum absolute atomic E-state index is 0.144. The van der Waals surface area contributed by atoms with E-state index in [9.17, 15) is 8.78 Å². The molecule has 0 fully saturated rings. The third kappa shape index (κ3) is 2.24. The largest absolute Gasteiger partial charge is 0.496 e. The summed E-state index contributed by atoms with van der Waals surface area (Å²) in [6.45, 7) is 0. The first-order valence-electron chi connectivity index (χ1n) is 4.91. The molecule has 0 aliphatic heterocycles. The SMILES string of the molecule is COc1ccc(F)cc1-c1c(F)cccc1Cl. The van der Waals surface area contributed by atoms with Crippen molar-refractivity contribution in [2.45, 2.75) is 0 Å². The number of methoxy groups -OCH3 is 1. The molecule has 2 aromatic rings. The highest BCUT2D eigenvalue weighted by Gasteiger charge is 2.14. The molecular formula is C13H9ClF2O. The van der Waals surface area contributed by atoms with Crippen LogP contribution < -0.4 is 4.74 Å². The lowest BCUT2D eigenvalue weighted by Crippen LogP contribution is -1.92. The first-order valence-corrected chi connectivity index (χ1v) is 5.29. The summed E-state index contributed by atoms with van der Waals surface area (Å²) in [6, 6.07) is 8.19. The molecular weight excluding hydrogens is 246 g/mol. The van der Waals surface area contributed by atoms with Crippen molar-refractivity contribution >= 4 is 11.6 Å². The van der Waals surface area contributed by atoms with Crippen LogP contribution in [0.3, 0.4) is 0 Å². The molecule has 17 heavy (non-hydrogen) atoms. The molecule has 0 bridgehead atoms. The number of hydrogen-bond acceptors (Lipinski definition) is 1. The molecule has 0 atom stereocenters. The predicted octanol–water partition coefficient (Wildman–Crippen LogP) is 4.29. The predicted molar refractivity (Wildman–Crippen MR) is 63.4 cm³/mol. The van der Waals surface area contributed by atoms with E-state index >= 15 is 0 Å². The van der Waals surface area contributed by atoms with Crippen molar-refractivity contribution in [2.24, 2.45) is 0 Å². The fourth-order valence-corrected chi connectivity index (χ4v) is 1.90. The van der Waals surface area contributed by atoms with Crippen molar-refractivity contribution in [1.29, 1.82) is 0 Å². The van der Waals surface area contributed by atoms with Crippen LogP contribution in [0.4, 0.5) is 8.78 Å². The van der Waals surface area contributed by atoms with E-state index in [1.54, 1.807) is 6.07 Å². The van der Waals surface area contributed by atoms with Gasteiger partial charge >= 0.3 is 0 Å². The zero-order chi connectivity index (χ0) is 12.4. The van der Waals surface area contributed by atoms with Gasteiger partial charge in [-0.2, -0.15) is 0 Å². The summed E-state index contributed by atoms with van der Waals surface area (Å²) in [4.78, 5) is 0. The molecule has 0 aliphatic rings. The Morgan fingerprint density at radius 3 is 2.53 bits per heavy atom. The molecule has 0 unspecified atom stereocenters. The minimum Gasteiger partial charge on any atom is -0.496 e. The molecule has 0 aliphatic carbocycles. The molecule has 4 heteroatoms. The lowest BCUT2D eigenvalue weighted by atomic mass is 10.0. The Kier molecular flexibility index (Phi) is 3.29. The number of halogens is 3. The lowest BCUT2D eigenvalue weighted by Gasteiger charge is -2.11. The maximum atomic E-state index is 13.7. The van der Waals surface area contributed by atoms with Crippen molar-refractivity contribution in [3.05, 3.63) is 53.1 Å². The van der Waals surface area contributed by atoms with Gasteiger partial charge in [0, 0.05) is 11.1 Å². The summed E-state index contributed by atoms with van der Waals surface area (Å²) in [5, 5.41) is 0.217. The van der Waals surface area contributed by atoms with Gasteiger partial charge in [-0.25, -0.2) is 8.78 Å². The smallest absolute Gasteiger partial charge is 0.132 e. The van der Waals surface area contributed by atoms with Crippen molar-refractivity contribution in [1.82, 2.24) is 0 Å². The van der Waals surface area contributed by atoms with E-state index in [1.165, 1.54) is 37.4 Å². The first kappa shape index (κ1) is 11.9. The third-order valence-electron chi connectivity index (χ3n) is 2.39. The van der Waals surface area contributed by atoms with Crippen molar-refractivity contribution in [3.8, 4) is 16.9 Å². The Balaban J connectivity index is 2.71. The van der Waals surface area contributed by atoms with Crippen LogP contribution in [0.15, 0.2) is 36.4 Å². The van der Waals surface area contributed by atoms with Gasteiger partial charge in [0.05, 0.1) is 12.1 Å². The quantitative estimate of drug-likeness (QED) is 0.777. The monoisotopic (exact) mass is 254 g/mol. The molecule has 0 radical (unpaired) electrons. The van der Waals surface area contributed by atoms with Gasteiger partial charge < -0.3 is 4.74 Å². The van der Waals surface area contributed by atoms with E-state index in [2.05, 4.69) is 0 Å². The van der Waals surface area contributed by atoms with Gasteiger partial charge in [-0.15, -0.1) is 0 Å². The Labute approximate surface area is 103 Å². The van der Waals surface area contributed by atoms with E-state index in [-0.39, 0.29) is 10.6 Å². The maximum Gasteiger partial charge on any atom is 0.132 e. The van der Waals surface area contributed by atoms with E-state index in [4.69, 9.17) is 16.3 Å². The summed E-state index contributed by atoms with van der Waals surface area (Å²) in [6.07, 6.45) is 0. The molecule has 2 aromatic carbocycles. The molecule has 88 valence electrons. The number of hydrogen-bond donors (Lipinski definition) is 0. The molecule has 1 nitrogen and oxygen atoms in total. The zero-order valence-corrected chi connectivity index (χ0v) is 9.76. The highest BCUT2D eigenvalue weighted by molar-refractivity contribution is 6.33. The van der Waals surface area contributed by atoms with Gasteiger partial charge in [0.25, 0.3) is 0 Å². The zero-order valence-electron chi connectivity index (χ0n) is 9.01. The normalized spacial score (nSPS) is 10.4. The van der Waals surface area contributed by atoms with E-state index < -0.39 is 11.6 Å². The topological polar surface area (TPSA) is 9.23 Å². The van der Waals surface area contributed by atoms with Crippen molar-refractivity contribution in [2.75, 3.05) is 7.11 Å². The minimum atomic E-state index is -0.513. The molecule has 0 saturated heterocycles. The highest BCUT2D eigenvalue weighted by atomic mass is 35.5. The molecule has 0 amide bonds. The fraction of sp³-hybridized carbons (Fsp3) is 0.0769. The van der Waals surface area contributed by atoms with Gasteiger partial charge in [-0.05, 0) is 30.3 Å². The van der Waals surface area contributed by atoms with Crippen LogP contribution in [-0.2, 0) is 0 Å². The van der Waals surface area contributed by atoms with Crippen molar-refractivity contribution < 1.29 is 13.5 Å². The Bertz CT molecular complexity index is 535. The van der Waals surface area contributed by atoms with Crippen LogP contribution in [0.5, 0.6) is 5.75 Å². The number of ether oxygens (including phenoxy) is 1. The fourth-order valence-electron chi connectivity index (χ4n) is 1.63. The molecule has 0 spiro atoms. The van der Waals surface area contributed by atoms with E-state index in [0.717, 1.165) is 0 Å². The second-order valence-electron chi connectivity index (χ2n) is 3.44. The van der Waals surface area contributed by atoms with Crippen LogP contribution in [0.25, 0.3) is 11.1 Å². The number of rotatable bonds is 2. The van der Waals surface area contributed by atoms with Crippen LogP contribution >= 0.6 is 11.6 Å².